The van der Waals surface area contributed by atoms with Crippen LogP contribution in [-0.4, -0.2) is 71.5 Å². The zero-order valence-electron chi connectivity index (χ0n) is 20.4. The summed E-state index contributed by atoms with van der Waals surface area (Å²) in [6.07, 6.45) is -3.42. The lowest BCUT2D eigenvalue weighted by Crippen LogP contribution is -2.39. The van der Waals surface area contributed by atoms with Gasteiger partial charge in [-0.3, -0.25) is 4.90 Å². The fourth-order valence-electron chi connectivity index (χ4n) is 4.38. The maximum atomic E-state index is 13.3. The Balaban J connectivity index is 1.45. The van der Waals surface area contributed by atoms with Crippen LogP contribution in [0.15, 0.2) is 53.6 Å². The second-order valence-electron chi connectivity index (χ2n) is 8.99. The highest BCUT2D eigenvalue weighted by Gasteiger charge is 2.34. The van der Waals surface area contributed by atoms with E-state index in [1.165, 1.54) is 10.7 Å². The van der Waals surface area contributed by atoms with Crippen LogP contribution in [0.4, 0.5) is 19.0 Å². The van der Waals surface area contributed by atoms with Gasteiger partial charge in [0.15, 0.2) is 15.5 Å². The van der Waals surface area contributed by atoms with E-state index in [4.69, 9.17) is 10.5 Å². The third-order valence-electron chi connectivity index (χ3n) is 6.44. The van der Waals surface area contributed by atoms with Gasteiger partial charge in [-0.15, -0.1) is 0 Å². The molecule has 1 saturated heterocycles. The Bertz CT molecular complexity index is 1580. The number of pyridine rings is 1. The van der Waals surface area contributed by atoms with Crippen LogP contribution in [-0.2, 0) is 20.8 Å². The molecule has 5 rings (SSSR count). The van der Waals surface area contributed by atoms with E-state index in [0.29, 0.717) is 55.4 Å². The van der Waals surface area contributed by atoms with Gasteiger partial charge in [0, 0.05) is 37.0 Å². The zero-order valence-corrected chi connectivity index (χ0v) is 21.3. The molecule has 1 fully saturated rings. The van der Waals surface area contributed by atoms with Gasteiger partial charge in [0.1, 0.15) is 5.82 Å². The molecular formula is C25H25F3N6O3S. The largest absolute Gasteiger partial charge is 0.419 e. The summed E-state index contributed by atoms with van der Waals surface area (Å²) in [7, 11) is -3.49. The number of alkyl halides is 3. The lowest BCUT2D eigenvalue weighted by atomic mass is 10.1. The molecule has 1 aliphatic heterocycles. The van der Waals surface area contributed by atoms with E-state index in [1.54, 1.807) is 43.3 Å². The van der Waals surface area contributed by atoms with Crippen molar-refractivity contribution in [1.29, 1.82) is 0 Å². The number of nitrogens with two attached hydrogens (primary N) is 1. The molecule has 0 aliphatic carbocycles. The predicted octanol–water partition coefficient (Wildman–Crippen LogP) is 3.47. The number of anilines is 1. The SMILES string of the molecule is Cc1nc2ccc(-c3cnc(N)c(C(F)(F)F)c3)nn2c1-c1ccc(S(=O)(=O)CCN2CCOCC2)cc1. The molecule has 0 bridgehead atoms. The third kappa shape index (κ3) is 5.22. The van der Waals surface area contributed by atoms with E-state index in [-0.39, 0.29) is 21.9 Å². The van der Waals surface area contributed by atoms with Gasteiger partial charge >= 0.3 is 6.18 Å². The van der Waals surface area contributed by atoms with Crippen LogP contribution < -0.4 is 5.73 Å². The minimum Gasteiger partial charge on any atom is -0.383 e. The number of ether oxygens (including phenoxy) is 1. The van der Waals surface area contributed by atoms with E-state index in [2.05, 4.69) is 20.0 Å². The van der Waals surface area contributed by atoms with Crippen molar-refractivity contribution in [2.75, 3.05) is 44.3 Å². The number of aryl methyl sites for hydroxylation is 1. The van der Waals surface area contributed by atoms with Crippen LogP contribution in [0.5, 0.6) is 0 Å². The predicted molar refractivity (Wildman–Crippen MR) is 135 cm³/mol. The van der Waals surface area contributed by atoms with E-state index in [9.17, 15) is 21.6 Å². The minimum absolute atomic E-state index is 0.00143. The number of aromatic nitrogens is 4. The first-order valence-corrected chi connectivity index (χ1v) is 13.5. The topological polar surface area (TPSA) is 116 Å². The van der Waals surface area contributed by atoms with Crippen molar-refractivity contribution in [3.63, 3.8) is 0 Å². The van der Waals surface area contributed by atoms with E-state index < -0.39 is 27.4 Å². The fourth-order valence-corrected chi connectivity index (χ4v) is 5.67. The molecule has 0 unspecified atom stereocenters. The van der Waals surface area contributed by atoms with Crippen molar-refractivity contribution in [1.82, 2.24) is 24.5 Å². The summed E-state index contributed by atoms with van der Waals surface area (Å²) in [6, 6.07) is 10.6. The van der Waals surface area contributed by atoms with Gasteiger partial charge in [-0.1, -0.05) is 12.1 Å². The number of halogens is 3. The number of rotatable bonds is 6. The molecule has 0 spiro atoms. The van der Waals surface area contributed by atoms with Gasteiger partial charge < -0.3 is 10.5 Å². The Labute approximate surface area is 217 Å². The Hall–Kier alpha value is -3.55. The summed E-state index contributed by atoms with van der Waals surface area (Å²) >= 11 is 0. The number of nitrogens with zero attached hydrogens (tertiary/aromatic N) is 5. The maximum Gasteiger partial charge on any atom is 0.419 e. The molecule has 0 saturated carbocycles. The van der Waals surface area contributed by atoms with E-state index in [1.807, 2.05) is 0 Å². The Morgan fingerprint density at radius 1 is 1.05 bits per heavy atom. The molecule has 0 atom stereocenters. The normalized spacial score (nSPS) is 15.3. The number of sulfone groups is 1. The lowest BCUT2D eigenvalue weighted by molar-refractivity contribution is -0.137. The minimum atomic E-state index is -4.65. The molecule has 2 N–H and O–H groups in total. The second kappa shape index (κ2) is 9.97. The van der Waals surface area contributed by atoms with Crippen molar-refractivity contribution in [2.24, 2.45) is 0 Å². The molecule has 3 aromatic heterocycles. The average Bonchev–Trinajstić information content (AvgIpc) is 3.22. The first kappa shape index (κ1) is 26.1. The van der Waals surface area contributed by atoms with Gasteiger partial charge in [-0.25, -0.2) is 22.9 Å². The number of imidazole rings is 1. The first-order chi connectivity index (χ1) is 18.0. The number of hydrogen-bond acceptors (Lipinski definition) is 8. The number of morpholine rings is 1. The molecule has 9 nitrogen and oxygen atoms in total. The smallest absolute Gasteiger partial charge is 0.383 e. The summed E-state index contributed by atoms with van der Waals surface area (Å²) in [5.41, 5.74) is 7.16. The zero-order chi connectivity index (χ0) is 27.1. The fraction of sp³-hybridized carbons (Fsp3) is 0.320. The molecule has 1 aromatic carbocycles. The van der Waals surface area contributed by atoms with Crippen molar-refractivity contribution < 1.29 is 26.3 Å². The average molecular weight is 547 g/mol. The lowest BCUT2D eigenvalue weighted by Gasteiger charge is -2.26. The Kier molecular flexibility index (Phi) is 6.84. The van der Waals surface area contributed by atoms with E-state index in [0.717, 1.165) is 6.07 Å². The first-order valence-electron chi connectivity index (χ1n) is 11.9. The summed E-state index contributed by atoms with van der Waals surface area (Å²) in [5.74, 6) is -0.608. The molecule has 13 heteroatoms. The number of hydrogen-bond donors (Lipinski definition) is 1. The highest BCUT2D eigenvalue weighted by Crippen LogP contribution is 2.35. The van der Waals surface area contributed by atoms with Crippen LogP contribution in [0.25, 0.3) is 28.2 Å². The molecule has 4 heterocycles. The summed E-state index contributed by atoms with van der Waals surface area (Å²) in [4.78, 5) is 10.5. The number of fused-ring (bicyclic) bond motifs is 1. The van der Waals surface area contributed by atoms with Crippen molar-refractivity contribution in [3.8, 4) is 22.5 Å². The molecule has 38 heavy (non-hydrogen) atoms. The third-order valence-corrected chi connectivity index (χ3v) is 8.15. The Morgan fingerprint density at radius 3 is 2.45 bits per heavy atom. The second-order valence-corrected chi connectivity index (χ2v) is 11.1. The van der Waals surface area contributed by atoms with Gasteiger partial charge in [-0.05, 0) is 37.3 Å². The van der Waals surface area contributed by atoms with Crippen molar-refractivity contribution in [3.05, 3.63) is 59.9 Å². The molecule has 4 aromatic rings. The highest BCUT2D eigenvalue weighted by atomic mass is 32.2. The molecular weight excluding hydrogens is 521 g/mol. The molecule has 200 valence electrons. The van der Waals surface area contributed by atoms with E-state index >= 15 is 0 Å². The van der Waals surface area contributed by atoms with Crippen LogP contribution >= 0.6 is 0 Å². The Morgan fingerprint density at radius 2 is 1.76 bits per heavy atom. The van der Waals surface area contributed by atoms with Gasteiger partial charge in [0.25, 0.3) is 0 Å². The number of nitrogen functional groups attached to an aromatic ring is 1. The summed E-state index contributed by atoms with van der Waals surface area (Å²) in [5, 5.41) is 4.52. The highest BCUT2D eigenvalue weighted by molar-refractivity contribution is 7.91. The van der Waals surface area contributed by atoms with Crippen LogP contribution in [0, 0.1) is 6.92 Å². The maximum absolute atomic E-state index is 13.3. The van der Waals surface area contributed by atoms with Crippen molar-refractivity contribution in [2.45, 2.75) is 18.0 Å². The molecule has 1 aliphatic rings. The summed E-state index contributed by atoms with van der Waals surface area (Å²) < 4.78 is 72.6. The number of benzene rings is 1. The van der Waals surface area contributed by atoms with Crippen molar-refractivity contribution >= 4 is 21.3 Å². The summed E-state index contributed by atoms with van der Waals surface area (Å²) in [6.45, 7) is 4.83. The van der Waals surface area contributed by atoms with Crippen LogP contribution in [0.1, 0.15) is 11.3 Å². The van der Waals surface area contributed by atoms with Crippen LogP contribution in [0.3, 0.4) is 0 Å². The van der Waals surface area contributed by atoms with Gasteiger partial charge in [0.05, 0.1) is 46.5 Å². The molecule has 0 amide bonds. The molecule has 0 radical (unpaired) electrons. The van der Waals surface area contributed by atoms with Gasteiger partial charge in [0.2, 0.25) is 0 Å². The quantitative estimate of drug-likeness (QED) is 0.391. The van der Waals surface area contributed by atoms with Gasteiger partial charge in [-0.2, -0.15) is 18.3 Å². The monoisotopic (exact) mass is 546 g/mol. The van der Waals surface area contributed by atoms with Crippen LogP contribution in [0.2, 0.25) is 0 Å². The standard InChI is InChI=1S/C25H25F3N6O3S/c1-16-23(17-2-4-19(5-3-17)38(35,36)13-10-33-8-11-37-12-9-33)34-22(31-16)7-6-21(32-34)18-14-20(25(26,27)28)24(29)30-15-18/h2-7,14-15H,8-13H2,1H3,(H2,29,30).